The molecular formula is C27H43N3. The van der Waals surface area contributed by atoms with Crippen LogP contribution in [0.4, 0.5) is 11.4 Å². The van der Waals surface area contributed by atoms with Gasteiger partial charge in [0.2, 0.25) is 0 Å². The number of hydrogen-bond donors (Lipinski definition) is 1. The molecule has 166 valence electrons. The lowest BCUT2D eigenvalue weighted by Crippen LogP contribution is -2.56. The first-order valence-corrected chi connectivity index (χ1v) is 12.1. The molecule has 4 atom stereocenters. The molecule has 0 aliphatic carbocycles. The zero-order chi connectivity index (χ0) is 21.9. The summed E-state index contributed by atoms with van der Waals surface area (Å²) < 4.78 is 0. The fourth-order valence-electron chi connectivity index (χ4n) is 6.19. The van der Waals surface area contributed by atoms with Crippen LogP contribution in [0.1, 0.15) is 86.0 Å². The molecule has 1 unspecified atom stereocenters. The van der Waals surface area contributed by atoms with Crippen molar-refractivity contribution in [3.8, 4) is 12.5 Å². The molecule has 0 amide bonds. The molecule has 2 bridgehead atoms. The number of nitrogens with two attached hydrogens (primary N) is 1. The highest BCUT2D eigenvalue weighted by molar-refractivity contribution is 5.71. The molecule has 1 aromatic carbocycles. The minimum atomic E-state index is -0.0251. The van der Waals surface area contributed by atoms with Gasteiger partial charge < -0.3 is 5.73 Å². The van der Waals surface area contributed by atoms with Gasteiger partial charge in [-0.3, -0.25) is 9.80 Å². The lowest BCUT2D eigenvalue weighted by molar-refractivity contribution is 0.0876. The smallest absolute Gasteiger partial charge is 0.0724 e. The Labute approximate surface area is 185 Å². The van der Waals surface area contributed by atoms with Gasteiger partial charge in [-0.15, -0.1) is 0 Å². The number of benzene rings is 1. The van der Waals surface area contributed by atoms with Crippen LogP contribution >= 0.6 is 0 Å². The quantitative estimate of drug-likeness (QED) is 0.311. The SMILES string of the molecule is C#CN(c1ccccc1N)C1(C)C[C@H]2CC[C@@H](C1)N2CCC[C@@H](CCC)C(C)(C)C. The third-order valence-electron chi connectivity index (χ3n) is 7.80. The van der Waals surface area contributed by atoms with Crippen LogP contribution in [0.25, 0.3) is 0 Å². The molecule has 3 nitrogen and oxygen atoms in total. The van der Waals surface area contributed by atoms with Crippen molar-refractivity contribution in [2.45, 2.75) is 104 Å². The molecule has 3 heteroatoms. The molecule has 2 aliphatic heterocycles. The van der Waals surface area contributed by atoms with Gasteiger partial charge in [0, 0.05) is 18.1 Å². The van der Waals surface area contributed by atoms with Crippen molar-refractivity contribution in [1.29, 1.82) is 0 Å². The molecule has 2 heterocycles. The topological polar surface area (TPSA) is 32.5 Å². The van der Waals surface area contributed by atoms with Crippen molar-refractivity contribution in [1.82, 2.24) is 4.90 Å². The first-order valence-electron chi connectivity index (χ1n) is 12.1. The van der Waals surface area contributed by atoms with E-state index >= 15 is 0 Å². The highest BCUT2D eigenvalue weighted by atomic mass is 15.3. The predicted molar refractivity (Wildman–Crippen MR) is 130 cm³/mol. The van der Waals surface area contributed by atoms with E-state index in [1.54, 1.807) is 0 Å². The number of terminal acetylenes is 1. The number of para-hydroxylation sites is 2. The maximum absolute atomic E-state index is 6.28. The van der Waals surface area contributed by atoms with Gasteiger partial charge in [-0.05, 0) is 75.5 Å². The van der Waals surface area contributed by atoms with E-state index in [1.165, 1.54) is 45.1 Å². The van der Waals surface area contributed by atoms with Crippen LogP contribution in [0.5, 0.6) is 0 Å². The van der Waals surface area contributed by atoms with Crippen LogP contribution in [0.2, 0.25) is 0 Å². The highest BCUT2D eigenvalue weighted by Gasteiger charge is 2.48. The molecule has 0 saturated carbocycles. The average molecular weight is 410 g/mol. The Balaban J connectivity index is 1.65. The summed E-state index contributed by atoms with van der Waals surface area (Å²) in [7, 11) is 0. The number of rotatable bonds is 8. The first kappa shape index (κ1) is 23.0. The Kier molecular flexibility index (Phi) is 7.08. The third-order valence-corrected chi connectivity index (χ3v) is 7.80. The molecule has 1 aromatic rings. The minimum Gasteiger partial charge on any atom is -0.397 e. The van der Waals surface area contributed by atoms with E-state index in [0.717, 1.165) is 30.1 Å². The summed E-state index contributed by atoms with van der Waals surface area (Å²) in [5, 5.41) is 0. The zero-order valence-electron chi connectivity index (χ0n) is 20.0. The van der Waals surface area contributed by atoms with Crippen LogP contribution < -0.4 is 10.6 Å². The predicted octanol–water partition coefficient (Wildman–Crippen LogP) is 6.29. The molecule has 0 aromatic heterocycles. The van der Waals surface area contributed by atoms with Crippen LogP contribution in [-0.2, 0) is 0 Å². The van der Waals surface area contributed by atoms with E-state index in [2.05, 4.69) is 56.5 Å². The van der Waals surface area contributed by atoms with E-state index in [1.807, 2.05) is 18.2 Å². The van der Waals surface area contributed by atoms with Gasteiger partial charge in [0.1, 0.15) is 0 Å². The Bertz CT molecular complexity index is 727. The molecule has 30 heavy (non-hydrogen) atoms. The molecule has 3 rings (SSSR count). The van der Waals surface area contributed by atoms with Gasteiger partial charge >= 0.3 is 0 Å². The largest absolute Gasteiger partial charge is 0.397 e. The van der Waals surface area contributed by atoms with E-state index in [0.29, 0.717) is 17.5 Å². The van der Waals surface area contributed by atoms with Crippen molar-refractivity contribution in [3.05, 3.63) is 24.3 Å². The number of piperidine rings is 1. The molecule has 0 radical (unpaired) electrons. The number of hydrogen-bond acceptors (Lipinski definition) is 3. The Morgan fingerprint density at radius 3 is 2.37 bits per heavy atom. The van der Waals surface area contributed by atoms with Crippen molar-refractivity contribution in [2.24, 2.45) is 11.3 Å². The summed E-state index contributed by atoms with van der Waals surface area (Å²) in [6, 6.07) is 12.3. The normalized spacial score (nSPS) is 27.6. The molecule has 2 aliphatic rings. The second-order valence-corrected chi connectivity index (χ2v) is 11.0. The van der Waals surface area contributed by atoms with Crippen molar-refractivity contribution in [2.75, 3.05) is 17.2 Å². The maximum Gasteiger partial charge on any atom is 0.0724 e. The minimum absolute atomic E-state index is 0.0251. The van der Waals surface area contributed by atoms with Crippen LogP contribution in [-0.4, -0.2) is 29.1 Å². The fraction of sp³-hybridized carbons (Fsp3) is 0.704. The summed E-state index contributed by atoms with van der Waals surface area (Å²) >= 11 is 0. The molecular weight excluding hydrogens is 366 g/mol. The van der Waals surface area contributed by atoms with E-state index < -0.39 is 0 Å². The maximum atomic E-state index is 6.28. The zero-order valence-corrected chi connectivity index (χ0v) is 20.0. The lowest BCUT2D eigenvalue weighted by atomic mass is 9.75. The van der Waals surface area contributed by atoms with Gasteiger partial charge in [-0.25, -0.2) is 0 Å². The molecule has 2 N–H and O–H groups in total. The first-order chi connectivity index (χ1) is 14.2. The summed E-state index contributed by atoms with van der Waals surface area (Å²) in [4.78, 5) is 4.94. The molecule has 0 spiro atoms. The van der Waals surface area contributed by atoms with E-state index in [-0.39, 0.29) is 5.54 Å². The van der Waals surface area contributed by atoms with Crippen molar-refractivity contribution >= 4 is 11.4 Å². The van der Waals surface area contributed by atoms with Gasteiger partial charge in [-0.1, -0.05) is 59.1 Å². The average Bonchev–Trinajstić information content (AvgIpc) is 2.92. The van der Waals surface area contributed by atoms with E-state index in [4.69, 9.17) is 12.2 Å². The summed E-state index contributed by atoms with van der Waals surface area (Å²) in [6.45, 7) is 13.1. The van der Waals surface area contributed by atoms with Gasteiger partial charge in [-0.2, -0.15) is 0 Å². The summed E-state index contributed by atoms with van der Waals surface area (Å²) in [5.74, 6) is 0.827. The number of anilines is 2. The number of nitrogens with zero attached hydrogens (tertiary/aromatic N) is 2. The monoisotopic (exact) mass is 409 g/mol. The second kappa shape index (κ2) is 9.23. The second-order valence-electron chi connectivity index (χ2n) is 11.0. The Hall–Kier alpha value is -1.66. The highest BCUT2D eigenvalue weighted by Crippen LogP contribution is 2.45. The van der Waals surface area contributed by atoms with Crippen LogP contribution in [0.3, 0.4) is 0 Å². The van der Waals surface area contributed by atoms with Gasteiger partial charge in [0.15, 0.2) is 0 Å². The fourth-order valence-corrected chi connectivity index (χ4v) is 6.19. The third kappa shape index (κ3) is 4.80. The van der Waals surface area contributed by atoms with Gasteiger partial charge in [0.05, 0.1) is 16.9 Å². The Morgan fingerprint density at radius 1 is 1.20 bits per heavy atom. The van der Waals surface area contributed by atoms with Crippen molar-refractivity contribution < 1.29 is 0 Å². The Morgan fingerprint density at radius 2 is 1.83 bits per heavy atom. The van der Waals surface area contributed by atoms with Crippen LogP contribution in [0.15, 0.2) is 24.3 Å². The number of nitrogen functional groups attached to an aromatic ring is 1. The lowest BCUT2D eigenvalue weighted by Gasteiger charge is -2.49. The van der Waals surface area contributed by atoms with Gasteiger partial charge in [0.25, 0.3) is 0 Å². The number of fused-ring (bicyclic) bond motifs is 2. The summed E-state index contributed by atoms with van der Waals surface area (Å²) in [6.07, 6.45) is 16.2. The molecule has 2 saturated heterocycles. The standard InChI is InChI=1S/C27H43N3/c1-7-12-21(26(3,4)5)13-11-18-29-22-16-17-23(29)20-27(6,19-22)30(8-2)25-15-10-9-14-24(25)28/h2,9-10,14-15,21-23H,7,11-13,16-20,28H2,1,3-6H3/t21-,22-,23+,27?/m1/s1. The molecule has 2 fully saturated rings. The van der Waals surface area contributed by atoms with Crippen molar-refractivity contribution in [3.63, 3.8) is 0 Å². The summed E-state index contributed by atoms with van der Waals surface area (Å²) in [5.41, 5.74) is 8.43. The van der Waals surface area contributed by atoms with E-state index in [9.17, 15) is 0 Å². The van der Waals surface area contributed by atoms with Crippen LogP contribution in [0, 0.1) is 23.8 Å².